The molecule has 4 rings (SSSR count). The molecule has 1 nitrogen and oxygen atoms in total. The standard InChI is InChI=1S/C26H26F6O/c1-2-3-4-5-15-6-8-18-20(10-9-19-21(18)13-17(27)14-22(19)28)25(15)16-7-11-24(23(29)12-16)33-26(30,31)32/h2-3,7,11-15,18,20,25H,4-6,8-10H2,1H3. The van der Waals surface area contributed by atoms with E-state index >= 15 is 0 Å². The van der Waals surface area contributed by atoms with E-state index in [1.165, 1.54) is 12.1 Å². The van der Waals surface area contributed by atoms with E-state index in [2.05, 4.69) is 10.8 Å². The van der Waals surface area contributed by atoms with Crippen LogP contribution in [0.5, 0.6) is 5.75 Å². The minimum atomic E-state index is -4.98. The van der Waals surface area contributed by atoms with E-state index in [1.54, 1.807) is 0 Å². The second-order valence-electron chi connectivity index (χ2n) is 9.01. The van der Waals surface area contributed by atoms with Crippen molar-refractivity contribution in [2.24, 2.45) is 11.8 Å². The van der Waals surface area contributed by atoms with E-state index in [-0.39, 0.29) is 23.7 Å². The van der Waals surface area contributed by atoms with Crippen molar-refractivity contribution in [2.75, 3.05) is 0 Å². The van der Waals surface area contributed by atoms with Crippen LogP contribution in [0.15, 0.2) is 42.5 Å². The summed E-state index contributed by atoms with van der Waals surface area (Å²) in [6.07, 6.45) is 3.42. The molecule has 7 heteroatoms. The van der Waals surface area contributed by atoms with Crippen molar-refractivity contribution in [2.45, 2.75) is 63.6 Å². The number of allylic oxidation sites excluding steroid dienone is 2. The fourth-order valence-corrected chi connectivity index (χ4v) is 5.94. The third-order valence-corrected chi connectivity index (χ3v) is 7.16. The smallest absolute Gasteiger partial charge is 0.403 e. The van der Waals surface area contributed by atoms with Crippen LogP contribution in [-0.2, 0) is 6.42 Å². The van der Waals surface area contributed by atoms with Gasteiger partial charge in [-0.2, -0.15) is 0 Å². The van der Waals surface area contributed by atoms with Crippen molar-refractivity contribution < 1.29 is 31.1 Å². The number of rotatable bonds is 5. The molecule has 2 aromatic carbocycles. The Morgan fingerprint density at radius 1 is 1.00 bits per heavy atom. The molecule has 0 bridgehead atoms. The second kappa shape index (κ2) is 9.43. The zero-order valence-electron chi connectivity index (χ0n) is 18.3. The lowest BCUT2D eigenvalue weighted by molar-refractivity contribution is -0.275. The van der Waals surface area contributed by atoms with Crippen LogP contribution in [0.2, 0.25) is 0 Å². The first-order valence-corrected chi connectivity index (χ1v) is 11.3. The highest BCUT2D eigenvalue weighted by molar-refractivity contribution is 5.39. The third kappa shape index (κ3) is 5.07. The molecule has 0 heterocycles. The van der Waals surface area contributed by atoms with E-state index in [0.717, 1.165) is 43.9 Å². The number of fused-ring (bicyclic) bond motifs is 3. The van der Waals surface area contributed by atoms with Crippen molar-refractivity contribution in [3.05, 3.63) is 76.6 Å². The van der Waals surface area contributed by atoms with Crippen molar-refractivity contribution in [1.29, 1.82) is 0 Å². The molecule has 178 valence electrons. The van der Waals surface area contributed by atoms with Gasteiger partial charge in [-0.25, -0.2) is 13.2 Å². The lowest BCUT2D eigenvalue weighted by Gasteiger charge is -2.47. The lowest BCUT2D eigenvalue weighted by Crippen LogP contribution is -2.35. The van der Waals surface area contributed by atoms with E-state index in [9.17, 15) is 26.3 Å². The SMILES string of the molecule is CC=CCCC1CCC2c3cc(F)cc(F)c3CCC2C1c1ccc(OC(F)(F)F)c(F)c1. The molecule has 0 amide bonds. The number of alkyl halides is 3. The average molecular weight is 468 g/mol. The van der Waals surface area contributed by atoms with Crippen LogP contribution in [0.4, 0.5) is 26.3 Å². The molecular weight excluding hydrogens is 442 g/mol. The fraction of sp³-hybridized carbons (Fsp3) is 0.462. The van der Waals surface area contributed by atoms with Crippen molar-refractivity contribution in [1.82, 2.24) is 0 Å². The first kappa shape index (κ1) is 23.7. The third-order valence-electron chi connectivity index (χ3n) is 7.16. The first-order chi connectivity index (χ1) is 15.7. The zero-order chi connectivity index (χ0) is 23.8. The van der Waals surface area contributed by atoms with Crippen molar-refractivity contribution in [3.8, 4) is 5.75 Å². The highest BCUT2D eigenvalue weighted by Crippen LogP contribution is 2.55. The lowest BCUT2D eigenvalue weighted by atomic mass is 9.57. The predicted molar refractivity (Wildman–Crippen MR) is 114 cm³/mol. The van der Waals surface area contributed by atoms with Gasteiger partial charge in [0.05, 0.1) is 0 Å². The van der Waals surface area contributed by atoms with Gasteiger partial charge in [0, 0.05) is 6.07 Å². The highest BCUT2D eigenvalue weighted by Gasteiger charge is 2.44. The van der Waals surface area contributed by atoms with E-state index in [4.69, 9.17) is 0 Å². The summed E-state index contributed by atoms with van der Waals surface area (Å²) in [5, 5.41) is 0. The van der Waals surface area contributed by atoms with Crippen LogP contribution in [0.3, 0.4) is 0 Å². The molecule has 0 radical (unpaired) electrons. The Bertz CT molecular complexity index is 1030. The summed E-state index contributed by atoms with van der Waals surface area (Å²) in [6.45, 7) is 1.93. The summed E-state index contributed by atoms with van der Waals surface area (Å²) < 4.78 is 84.6. The van der Waals surface area contributed by atoms with Gasteiger partial charge < -0.3 is 4.74 Å². The number of benzene rings is 2. The second-order valence-corrected chi connectivity index (χ2v) is 9.01. The van der Waals surface area contributed by atoms with Crippen LogP contribution in [0.1, 0.15) is 67.6 Å². The zero-order valence-corrected chi connectivity index (χ0v) is 18.3. The largest absolute Gasteiger partial charge is 0.573 e. The van der Waals surface area contributed by atoms with Gasteiger partial charge in [-0.05, 0) is 104 Å². The summed E-state index contributed by atoms with van der Waals surface area (Å²) in [5.74, 6) is -3.05. The Morgan fingerprint density at radius 3 is 2.48 bits per heavy atom. The van der Waals surface area contributed by atoms with Gasteiger partial charge >= 0.3 is 6.36 Å². The molecule has 2 aromatic rings. The molecule has 4 unspecified atom stereocenters. The molecule has 1 saturated carbocycles. The van der Waals surface area contributed by atoms with Gasteiger partial charge in [0.1, 0.15) is 11.6 Å². The summed E-state index contributed by atoms with van der Waals surface area (Å²) in [7, 11) is 0. The molecule has 33 heavy (non-hydrogen) atoms. The van der Waals surface area contributed by atoms with E-state index in [0.29, 0.717) is 29.5 Å². The Hall–Kier alpha value is -2.44. The van der Waals surface area contributed by atoms with Crippen molar-refractivity contribution >= 4 is 0 Å². The van der Waals surface area contributed by atoms with E-state index in [1.807, 2.05) is 13.0 Å². The number of hydrogen-bond acceptors (Lipinski definition) is 1. The average Bonchev–Trinajstić information content (AvgIpc) is 2.74. The molecule has 0 saturated heterocycles. The van der Waals surface area contributed by atoms with Crippen LogP contribution in [0, 0.1) is 29.3 Å². The maximum absolute atomic E-state index is 14.6. The summed E-state index contributed by atoms with van der Waals surface area (Å²) in [4.78, 5) is 0. The maximum atomic E-state index is 14.6. The molecule has 0 N–H and O–H groups in total. The van der Waals surface area contributed by atoms with Gasteiger partial charge in [0.2, 0.25) is 0 Å². The quantitative estimate of drug-likeness (QED) is 0.317. The monoisotopic (exact) mass is 468 g/mol. The van der Waals surface area contributed by atoms with Gasteiger partial charge in [0.25, 0.3) is 0 Å². The molecule has 2 aliphatic carbocycles. The van der Waals surface area contributed by atoms with E-state index < -0.39 is 29.6 Å². The molecule has 0 aromatic heterocycles. The Labute approximate surface area is 189 Å². The topological polar surface area (TPSA) is 9.23 Å². The minimum absolute atomic E-state index is 0.0249. The van der Waals surface area contributed by atoms with Crippen LogP contribution < -0.4 is 4.74 Å². The van der Waals surface area contributed by atoms with Gasteiger partial charge in [-0.15, -0.1) is 13.2 Å². The van der Waals surface area contributed by atoms with Gasteiger partial charge in [0.15, 0.2) is 11.6 Å². The minimum Gasteiger partial charge on any atom is -0.403 e. The fourth-order valence-electron chi connectivity index (χ4n) is 5.94. The molecule has 0 aliphatic heterocycles. The Balaban J connectivity index is 1.71. The predicted octanol–water partition coefficient (Wildman–Crippen LogP) is 8.20. The molecule has 1 fully saturated rings. The number of halogens is 6. The van der Waals surface area contributed by atoms with Crippen molar-refractivity contribution in [3.63, 3.8) is 0 Å². The normalized spacial score (nSPS) is 25.1. The molecule has 0 spiro atoms. The maximum Gasteiger partial charge on any atom is 0.573 e. The summed E-state index contributed by atoms with van der Waals surface area (Å²) >= 11 is 0. The van der Waals surface area contributed by atoms with Crippen LogP contribution in [0.25, 0.3) is 0 Å². The summed E-state index contributed by atoms with van der Waals surface area (Å²) in [5.41, 5.74) is 1.84. The number of ether oxygens (including phenoxy) is 1. The summed E-state index contributed by atoms with van der Waals surface area (Å²) in [6, 6.07) is 5.99. The number of hydrogen-bond donors (Lipinski definition) is 0. The van der Waals surface area contributed by atoms with Gasteiger partial charge in [-0.3, -0.25) is 0 Å². The highest BCUT2D eigenvalue weighted by atomic mass is 19.4. The molecule has 4 atom stereocenters. The Kier molecular flexibility index (Phi) is 6.78. The molecule has 2 aliphatic rings. The van der Waals surface area contributed by atoms with Gasteiger partial charge in [-0.1, -0.05) is 18.2 Å². The Morgan fingerprint density at radius 2 is 1.79 bits per heavy atom. The first-order valence-electron chi connectivity index (χ1n) is 11.3. The molecular formula is C26H26F6O. The van der Waals surface area contributed by atoms with Crippen LogP contribution >= 0.6 is 0 Å². The van der Waals surface area contributed by atoms with Crippen LogP contribution in [-0.4, -0.2) is 6.36 Å².